The first-order valence-corrected chi connectivity index (χ1v) is 4.87. The van der Waals surface area contributed by atoms with E-state index >= 15 is 0 Å². The lowest BCUT2D eigenvalue weighted by Gasteiger charge is -2.25. The van der Waals surface area contributed by atoms with Crippen LogP contribution in [0.25, 0.3) is 0 Å². The predicted octanol–water partition coefficient (Wildman–Crippen LogP) is 0.973. The number of nitrogens with one attached hydrogen (secondary N) is 1. The number of aromatic nitrogens is 2. The lowest BCUT2D eigenvalue weighted by Crippen LogP contribution is -2.35. The standard InChI is InChI=1S/C10H18N2O2/c1-8(2)6-10(3,14)7-12-5-4-11-9(12)13/h4-5,8,14H,6-7H2,1-3H3,(H,11,13). The van der Waals surface area contributed by atoms with Crippen molar-refractivity contribution in [3.63, 3.8) is 0 Å². The van der Waals surface area contributed by atoms with Gasteiger partial charge in [-0.1, -0.05) is 13.8 Å². The second-order valence-corrected chi connectivity index (χ2v) is 4.49. The molecule has 0 radical (unpaired) electrons. The fourth-order valence-electron chi connectivity index (χ4n) is 1.78. The highest BCUT2D eigenvalue weighted by Gasteiger charge is 2.22. The molecule has 4 nitrogen and oxygen atoms in total. The first-order valence-electron chi connectivity index (χ1n) is 4.87. The van der Waals surface area contributed by atoms with Gasteiger partial charge in [0.25, 0.3) is 0 Å². The highest BCUT2D eigenvalue weighted by Crippen LogP contribution is 2.17. The number of hydrogen-bond donors (Lipinski definition) is 2. The van der Waals surface area contributed by atoms with Crippen LogP contribution in [0.2, 0.25) is 0 Å². The van der Waals surface area contributed by atoms with Gasteiger partial charge in [-0.3, -0.25) is 4.57 Å². The molecule has 0 aliphatic heterocycles. The Morgan fingerprint density at radius 3 is 2.71 bits per heavy atom. The smallest absolute Gasteiger partial charge is 0.325 e. The number of aromatic amines is 1. The molecule has 1 unspecified atom stereocenters. The summed E-state index contributed by atoms with van der Waals surface area (Å²) in [5.74, 6) is 0.416. The van der Waals surface area contributed by atoms with Gasteiger partial charge in [0, 0.05) is 12.4 Å². The molecule has 80 valence electrons. The average molecular weight is 198 g/mol. The number of rotatable bonds is 4. The Kier molecular flexibility index (Phi) is 3.16. The van der Waals surface area contributed by atoms with Crippen molar-refractivity contribution in [1.29, 1.82) is 0 Å². The second kappa shape index (κ2) is 4.00. The zero-order valence-electron chi connectivity index (χ0n) is 8.95. The van der Waals surface area contributed by atoms with Crippen molar-refractivity contribution in [2.75, 3.05) is 0 Å². The molecule has 0 aromatic carbocycles. The lowest BCUT2D eigenvalue weighted by molar-refractivity contribution is 0.0206. The molecule has 0 spiro atoms. The Hall–Kier alpha value is -1.03. The predicted molar refractivity (Wildman–Crippen MR) is 55.1 cm³/mol. The zero-order chi connectivity index (χ0) is 10.8. The highest BCUT2D eigenvalue weighted by atomic mass is 16.3. The summed E-state index contributed by atoms with van der Waals surface area (Å²) in [6.45, 7) is 6.20. The van der Waals surface area contributed by atoms with Gasteiger partial charge in [0.1, 0.15) is 0 Å². The van der Waals surface area contributed by atoms with Crippen molar-refractivity contribution in [3.8, 4) is 0 Å². The van der Waals surface area contributed by atoms with Gasteiger partial charge in [0.2, 0.25) is 0 Å². The van der Waals surface area contributed by atoms with Crippen LogP contribution in [0, 0.1) is 5.92 Å². The van der Waals surface area contributed by atoms with Crippen LogP contribution in [0.4, 0.5) is 0 Å². The topological polar surface area (TPSA) is 58.0 Å². The van der Waals surface area contributed by atoms with Gasteiger partial charge < -0.3 is 10.1 Å². The van der Waals surface area contributed by atoms with Gasteiger partial charge in [-0.2, -0.15) is 0 Å². The van der Waals surface area contributed by atoms with Crippen molar-refractivity contribution in [2.45, 2.75) is 39.3 Å². The van der Waals surface area contributed by atoms with Crippen molar-refractivity contribution < 1.29 is 5.11 Å². The summed E-state index contributed by atoms with van der Waals surface area (Å²) in [4.78, 5) is 13.7. The average Bonchev–Trinajstić information content (AvgIpc) is 2.32. The van der Waals surface area contributed by atoms with Gasteiger partial charge in [-0.25, -0.2) is 4.79 Å². The maximum Gasteiger partial charge on any atom is 0.325 e. The van der Waals surface area contributed by atoms with Gasteiger partial charge in [0.05, 0.1) is 12.1 Å². The van der Waals surface area contributed by atoms with E-state index in [0.29, 0.717) is 18.9 Å². The zero-order valence-corrected chi connectivity index (χ0v) is 8.95. The normalized spacial score (nSPS) is 15.8. The molecular weight excluding hydrogens is 180 g/mol. The van der Waals surface area contributed by atoms with E-state index in [1.165, 1.54) is 4.57 Å². The summed E-state index contributed by atoms with van der Waals surface area (Å²) in [7, 11) is 0. The minimum absolute atomic E-state index is 0.172. The number of H-pyrrole nitrogens is 1. The van der Waals surface area contributed by atoms with Crippen molar-refractivity contribution in [1.82, 2.24) is 9.55 Å². The summed E-state index contributed by atoms with van der Waals surface area (Å²) in [6.07, 6.45) is 3.91. The Bertz CT molecular complexity index is 336. The Labute approximate surface area is 83.6 Å². The van der Waals surface area contributed by atoms with Crippen LogP contribution in [0.3, 0.4) is 0 Å². The van der Waals surface area contributed by atoms with Crippen LogP contribution in [0.15, 0.2) is 17.2 Å². The summed E-state index contributed by atoms with van der Waals surface area (Å²) in [5.41, 5.74) is -0.991. The van der Waals surface area contributed by atoms with E-state index in [9.17, 15) is 9.90 Å². The quantitative estimate of drug-likeness (QED) is 0.757. The van der Waals surface area contributed by atoms with Crippen LogP contribution in [-0.4, -0.2) is 20.3 Å². The molecule has 14 heavy (non-hydrogen) atoms. The van der Waals surface area contributed by atoms with Crippen LogP contribution >= 0.6 is 0 Å². The fraction of sp³-hybridized carbons (Fsp3) is 0.700. The molecular formula is C10H18N2O2. The summed E-state index contributed by atoms with van der Waals surface area (Å²) < 4.78 is 1.49. The van der Waals surface area contributed by atoms with Crippen molar-refractivity contribution >= 4 is 0 Å². The van der Waals surface area contributed by atoms with E-state index in [1.807, 2.05) is 13.8 Å². The molecule has 1 atom stereocenters. The number of hydrogen-bond acceptors (Lipinski definition) is 2. The molecule has 4 heteroatoms. The van der Waals surface area contributed by atoms with E-state index in [2.05, 4.69) is 4.98 Å². The summed E-state index contributed by atoms with van der Waals surface area (Å²) >= 11 is 0. The van der Waals surface area contributed by atoms with E-state index < -0.39 is 5.60 Å². The molecule has 0 fully saturated rings. The Morgan fingerprint density at radius 2 is 2.29 bits per heavy atom. The molecule has 1 heterocycles. The molecule has 0 saturated heterocycles. The van der Waals surface area contributed by atoms with Gasteiger partial charge in [-0.15, -0.1) is 0 Å². The Morgan fingerprint density at radius 1 is 1.64 bits per heavy atom. The minimum atomic E-state index is -0.819. The van der Waals surface area contributed by atoms with E-state index in [-0.39, 0.29) is 5.69 Å². The molecule has 1 aromatic rings. The van der Waals surface area contributed by atoms with Gasteiger partial charge in [-0.05, 0) is 19.3 Å². The molecule has 2 N–H and O–H groups in total. The van der Waals surface area contributed by atoms with Gasteiger partial charge in [0.15, 0.2) is 0 Å². The molecule has 0 bridgehead atoms. The molecule has 1 rings (SSSR count). The third kappa shape index (κ3) is 3.03. The third-order valence-corrected chi connectivity index (χ3v) is 2.08. The number of aliphatic hydroxyl groups is 1. The largest absolute Gasteiger partial charge is 0.388 e. The Balaban J connectivity index is 2.68. The molecule has 0 saturated carbocycles. The van der Waals surface area contributed by atoms with Crippen molar-refractivity contribution in [2.24, 2.45) is 5.92 Å². The molecule has 1 aromatic heterocycles. The van der Waals surface area contributed by atoms with Gasteiger partial charge >= 0.3 is 5.69 Å². The monoisotopic (exact) mass is 198 g/mol. The SMILES string of the molecule is CC(C)CC(C)(O)Cn1cc[nH]c1=O. The van der Waals surface area contributed by atoms with Crippen LogP contribution in [0.1, 0.15) is 27.2 Å². The maximum absolute atomic E-state index is 11.2. The first-order chi connectivity index (χ1) is 6.41. The van der Waals surface area contributed by atoms with Crippen LogP contribution < -0.4 is 5.69 Å². The second-order valence-electron chi connectivity index (χ2n) is 4.49. The summed E-state index contributed by atoms with van der Waals surface area (Å²) in [5, 5.41) is 10.0. The highest BCUT2D eigenvalue weighted by molar-refractivity contribution is 4.82. The molecule has 0 aliphatic rings. The summed E-state index contributed by atoms with van der Waals surface area (Å²) in [6, 6.07) is 0. The number of nitrogens with zero attached hydrogens (tertiary/aromatic N) is 1. The van der Waals surface area contributed by atoms with E-state index in [4.69, 9.17) is 0 Å². The lowest BCUT2D eigenvalue weighted by atomic mass is 9.94. The van der Waals surface area contributed by atoms with E-state index in [0.717, 1.165) is 0 Å². The maximum atomic E-state index is 11.2. The molecule has 0 aliphatic carbocycles. The number of imidazole rings is 1. The fourth-order valence-corrected chi connectivity index (χ4v) is 1.78. The minimum Gasteiger partial charge on any atom is -0.388 e. The van der Waals surface area contributed by atoms with Crippen LogP contribution in [-0.2, 0) is 6.54 Å². The molecule has 0 amide bonds. The van der Waals surface area contributed by atoms with Crippen molar-refractivity contribution in [3.05, 3.63) is 22.9 Å². The first kappa shape index (κ1) is 11.0. The van der Waals surface area contributed by atoms with E-state index in [1.54, 1.807) is 19.3 Å². The van der Waals surface area contributed by atoms with Crippen LogP contribution in [0.5, 0.6) is 0 Å². The third-order valence-electron chi connectivity index (χ3n) is 2.08.